The fraction of sp³-hybridized carbons (Fsp3) is 0.154. The van der Waals surface area contributed by atoms with Crippen LogP contribution in [0.4, 0.5) is 10.5 Å². The van der Waals surface area contributed by atoms with Crippen molar-refractivity contribution >= 4 is 52.1 Å². The van der Waals surface area contributed by atoms with Crippen molar-refractivity contribution in [3.8, 4) is 5.75 Å². The number of hydrogen-bond donors (Lipinski definition) is 2. The molecule has 1 aromatic carbocycles. The lowest BCUT2D eigenvalue weighted by atomic mass is 10.1. The number of carbonyl (C=O) groups excluding carboxylic acids is 1. The average molecular weight is 322 g/mol. The summed E-state index contributed by atoms with van der Waals surface area (Å²) < 4.78 is 5.85. The van der Waals surface area contributed by atoms with Gasteiger partial charge in [-0.1, -0.05) is 30.0 Å². The first kappa shape index (κ1) is 13.9. The summed E-state index contributed by atoms with van der Waals surface area (Å²) in [6.45, 7) is 0.605. The highest BCUT2D eigenvalue weighted by Crippen LogP contribution is 2.34. The number of fused-ring (bicyclic) bond motifs is 1. The summed E-state index contributed by atoms with van der Waals surface area (Å²) in [7, 11) is 0. The van der Waals surface area contributed by atoms with Crippen LogP contribution in [0.1, 0.15) is 5.56 Å². The minimum atomic E-state index is -1.03. The van der Waals surface area contributed by atoms with E-state index in [9.17, 15) is 14.7 Å². The molecule has 1 fully saturated rings. The average Bonchev–Trinajstić information content (AvgIpc) is 2.76. The molecule has 0 aromatic heterocycles. The van der Waals surface area contributed by atoms with Crippen molar-refractivity contribution in [3.05, 3.63) is 28.7 Å². The molecule has 8 heteroatoms. The van der Waals surface area contributed by atoms with Crippen LogP contribution in [0.15, 0.2) is 23.1 Å². The third-order valence-electron chi connectivity index (χ3n) is 3.02. The molecule has 6 nitrogen and oxygen atoms in total. The molecule has 1 aromatic rings. The number of anilines is 1. The number of benzene rings is 1. The topological polar surface area (TPSA) is 78.9 Å². The molecule has 0 bridgehead atoms. The van der Waals surface area contributed by atoms with E-state index < -0.39 is 6.09 Å². The maximum atomic E-state index is 11.6. The number of thioether (sulfide) groups is 1. The number of hydrogen-bond acceptors (Lipinski definition) is 5. The number of amides is 2. The number of thiocarbonyl (C=S) groups is 1. The lowest BCUT2D eigenvalue weighted by molar-refractivity contribution is -0.115. The molecule has 0 aliphatic carbocycles. The van der Waals surface area contributed by atoms with E-state index in [2.05, 4.69) is 5.32 Å². The van der Waals surface area contributed by atoms with E-state index in [1.165, 1.54) is 16.7 Å². The van der Waals surface area contributed by atoms with Gasteiger partial charge >= 0.3 is 6.09 Å². The largest absolute Gasteiger partial charge is 0.490 e. The van der Waals surface area contributed by atoms with Crippen LogP contribution < -0.4 is 15.0 Å². The minimum Gasteiger partial charge on any atom is -0.490 e. The Morgan fingerprint density at radius 3 is 3.00 bits per heavy atom. The molecule has 1 saturated heterocycles. The van der Waals surface area contributed by atoms with Crippen LogP contribution in [0.3, 0.4) is 0 Å². The zero-order chi connectivity index (χ0) is 15.0. The Balaban J connectivity index is 1.97. The molecule has 0 atom stereocenters. The number of nitrogens with zero attached hydrogens (tertiary/aromatic N) is 1. The van der Waals surface area contributed by atoms with E-state index in [0.717, 1.165) is 0 Å². The van der Waals surface area contributed by atoms with Gasteiger partial charge in [0.25, 0.3) is 5.91 Å². The second kappa shape index (κ2) is 5.38. The Bertz CT molecular complexity index is 687. The molecule has 21 heavy (non-hydrogen) atoms. The van der Waals surface area contributed by atoms with E-state index in [-0.39, 0.29) is 12.5 Å². The van der Waals surface area contributed by atoms with Gasteiger partial charge in [-0.3, -0.25) is 9.69 Å². The van der Waals surface area contributed by atoms with Crippen molar-refractivity contribution in [2.45, 2.75) is 0 Å². The predicted octanol–water partition coefficient (Wildman–Crippen LogP) is 2.05. The van der Waals surface area contributed by atoms with Gasteiger partial charge in [0.2, 0.25) is 0 Å². The standard InChI is InChI=1S/C13H10N2O4S2/c16-11-10(21-12(20)14-11)6-7-1-2-9-8(5-7)15(13(17)18)3-4-19-9/h1-2,5-6H,3-4H2,(H,17,18)(H,14,16,20)/b10-6+. The van der Waals surface area contributed by atoms with Crippen LogP contribution in [0.25, 0.3) is 6.08 Å². The fourth-order valence-corrected chi connectivity index (χ4v) is 3.14. The molecule has 2 N–H and O–H groups in total. The normalized spacial score (nSPS) is 19.2. The van der Waals surface area contributed by atoms with E-state index in [1.807, 2.05) is 0 Å². The quantitative estimate of drug-likeness (QED) is 0.608. The van der Waals surface area contributed by atoms with Crippen molar-refractivity contribution in [2.24, 2.45) is 0 Å². The van der Waals surface area contributed by atoms with Crippen LogP contribution >= 0.6 is 24.0 Å². The summed E-state index contributed by atoms with van der Waals surface area (Å²) in [6.07, 6.45) is 0.646. The number of ether oxygens (including phenoxy) is 1. The first-order valence-electron chi connectivity index (χ1n) is 6.07. The summed E-state index contributed by atoms with van der Waals surface area (Å²) in [5, 5.41) is 11.7. The van der Waals surface area contributed by atoms with Gasteiger partial charge < -0.3 is 15.2 Å². The van der Waals surface area contributed by atoms with Crippen molar-refractivity contribution in [3.63, 3.8) is 0 Å². The van der Waals surface area contributed by atoms with Crippen LogP contribution in [-0.2, 0) is 4.79 Å². The van der Waals surface area contributed by atoms with Gasteiger partial charge in [0, 0.05) is 0 Å². The summed E-state index contributed by atoms with van der Waals surface area (Å²) in [4.78, 5) is 24.6. The third-order valence-corrected chi connectivity index (χ3v) is 4.18. The van der Waals surface area contributed by atoms with Gasteiger partial charge in [0.05, 0.1) is 17.1 Å². The van der Waals surface area contributed by atoms with Crippen molar-refractivity contribution in [1.29, 1.82) is 0 Å². The SMILES string of the molecule is O=C1NC(=S)S/C1=C/c1ccc2c(c1)N(C(=O)O)CCO2. The molecule has 2 heterocycles. The molecule has 3 rings (SSSR count). The molecule has 2 aliphatic heterocycles. The molecule has 0 radical (unpaired) electrons. The summed E-state index contributed by atoms with van der Waals surface area (Å²) in [6, 6.07) is 5.16. The molecule has 0 unspecified atom stereocenters. The van der Waals surface area contributed by atoms with Gasteiger partial charge in [-0.2, -0.15) is 0 Å². The number of carboxylic acid groups (broad SMARTS) is 1. The van der Waals surface area contributed by atoms with Gasteiger partial charge in [-0.05, 0) is 23.8 Å². The molecular weight excluding hydrogens is 312 g/mol. The molecule has 0 saturated carbocycles. The Labute approximate surface area is 129 Å². The number of rotatable bonds is 1. The summed E-state index contributed by atoms with van der Waals surface area (Å²) in [5.74, 6) is 0.277. The van der Waals surface area contributed by atoms with Crippen LogP contribution in [0, 0.1) is 0 Å². The van der Waals surface area contributed by atoms with Gasteiger partial charge in [-0.15, -0.1) is 0 Å². The van der Waals surface area contributed by atoms with E-state index in [0.29, 0.717) is 32.8 Å². The zero-order valence-corrected chi connectivity index (χ0v) is 12.3. The third kappa shape index (κ3) is 2.72. The minimum absolute atomic E-state index is 0.242. The van der Waals surface area contributed by atoms with E-state index >= 15 is 0 Å². The first-order valence-corrected chi connectivity index (χ1v) is 7.29. The zero-order valence-electron chi connectivity index (χ0n) is 10.7. The highest BCUT2D eigenvalue weighted by atomic mass is 32.2. The van der Waals surface area contributed by atoms with E-state index in [4.69, 9.17) is 17.0 Å². The second-order valence-electron chi connectivity index (χ2n) is 4.36. The Kier molecular flexibility index (Phi) is 3.56. The predicted molar refractivity (Wildman–Crippen MR) is 83.6 cm³/mol. The van der Waals surface area contributed by atoms with Crippen LogP contribution in [-0.4, -0.2) is 34.6 Å². The van der Waals surface area contributed by atoms with Crippen molar-refractivity contribution in [1.82, 2.24) is 5.32 Å². The molecule has 2 aliphatic rings. The maximum absolute atomic E-state index is 11.6. The monoisotopic (exact) mass is 322 g/mol. The molecule has 108 valence electrons. The highest BCUT2D eigenvalue weighted by Gasteiger charge is 2.25. The smallest absolute Gasteiger partial charge is 0.412 e. The van der Waals surface area contributed by atoms with Crippen LogP contribution in [0.2, 0.25) is 0 Å². The Morgan fingerprint density at radius 2 is 2.33 bits per heavy atom. The van der Waals surface area contributed by atoms with Gasteiger partial charge in [-0.25, -0.2) is 4.79 Å². The lowest BCUT2D eigenvalue weighted by Crippen LogP contribution is -2.36. The Hall–Kier alpha value is -2.06. The van der Waals surface area contributed by atoms with Crippen molar-refractivity contribution in [2.75, 3.05) is 18.1 Å². The highest BCUT2D eigenvalue weighted by molar-refractivity contribution is 8.26. The van der Waals surface area contributed by atoms with E-state index in [1.54, 1.807) is 24.3 Å². The molecular formula is C13H10N2O4S2. The van der Waals surface area contributed by atoms with Crippen molar-refractivity contribution < 1.29 is 19.4 Å². The fourth-order valence-electron chi connectivity index (χ4n) is 2.10. The number of nitrogens with one attached hydrogen (secondary N) is 1. The molecule has 0 spiro atoms. The first-order chi connectivity index (χ1) is 10.0. The molecule has 2 amide bonds. The maximum Gasteiger partial charge on any atom is 0.412 e. The second-order valence-corrected chi connectivity index (χ2v) is 6.08. The van der Waals surface area contributed by atoms with Gasteiger partial charge in [0.15, 0.2) is 0 Å². The lowest BCUT2D eigenvalue weighted by Gasteiger charge is -2.27. The van der Waals surface area contributed by atoms with Gasteiger partial charge in [0.1, 0.15) is 16.7 Å². The summed E-state index contributed by atoms with van der Waals surface area (Å²) in [5.41, 5.74) is 1.20. The Morgan fingerprint density at radius 1 is 1.52 bits per heavy atom. The number of carbonyl (C=O) groups is 2. The summed E-state index contributed by atoms with van der Waals surface area (Å²) >= 11 is 6.11. The van der Waals surface area contributed by atoms with Crippen LogP contribution in [0.5, 0.6) is 5.75 Å².